The van der Waals surface area contributed by atoms with E-state index in [0.717, 1.165) is 37.7 Å². The summed E-state index contributed by atoms with van der Waals surface area (Å²) in [5.41, 5.74) is 0.505. The summed E-state index contributed by atoms with van der Waals surface area (Å²) in [6.07, 6.45) is 5.21. The number of nitrogens with zero attached hydrogens (tertiary/aromatic N) is 3. The highest BCUT2D eigenvalue weighted by Crippen LogP contribution is 2.25. The second kappa shape index (κ2) is 8.82. The van der Waals surface area contributed by atoms with Crippen LogP contribution >= 0.6 is 0 Å². The third-order valence-electron chi connectivity index (χ3n) is 4.59. The number of hydrogen-bond acceptors (Lipinski definition) is 5. The van der Waals surface area contributed by atoms with Crippen LogP contribution in [0.15, 0.2) is 30.6 Å². The molecule has 0 amide bonds. The molecule has 0 bridgehead atoms. The molecule has 0 saturated carbocycles. The first-order valence-electron chi connectivity index (χ1n) is 9.59. The molecule has 28 heavy (non-hydrogen) atoms. The summed E-state index contributed by atoms with van der Waals surface area (Å²) in [7, 11) is 0. The van der Waals surface area contributed by atoms with Crippen molar-refractivity contribution in [2.45, 2.75) is 45.8 Å². The van der Waals surface area contributed by atoms with Crippen molar-refractivity contribution in [1.29, 1.82) is 0 Å². The molecule has 0 unspecified atom stereocenters. The van der Waals surface area contributed by atoms with Crippen LogP contribution in [0.1, 0.15) is 39.3 Å². The van der Waals surface area contributed by atoms with E-state index in [4.69, 9.17) is 9.47 Å². The Kier molecular flexibility index (Phi) is 6.44. The Morgan fingerprint density at radius 1 is 1.11 bits per heavy atom. The lowest BCUT2D eigenvalue weighted by Gasteiger charge is -2.32. The topological polar surface area (TPSA) is 47.5 Å². The molecule has 2 heterocycles. The van der Waals surface area contributed by atoms with Gasteiger partial charge in [-0.05, 0) is 64.8 Å². The van der Waals surface area contributed by atoms with E-state index >= 15 is 0 Å². The molecule has 0 aliphatic carbocycles. The molecule has 152 valence electrons. The average molecular weight is 391 g/mol. The second-order valence-electron chi connectivity index (χ2n) is 8.13. The molecule has 0 N–H and O–H groups in total. The number of rotatable bonds is 6. The Balaban J connectivity index is 1.49. The molecule has 1 aromatic heterocycles. The molecule has 0 radical (unpaired) electrons. The molecule has 7 heteroatoms. The van der Waals surface area contributed by atoms with Crippen molar-refractivity contribution in [1.82, 2.24) is 14.9 Å². The summed E-state index contributed by atoms with van der Waals surface area (Å²) in [4.78, 5) is 11.1. The van der Waals surface area contributed by atoms with Crippen LogP contribution in [0.5, 0.6) is 11.6 Å². The fourth-order valence-corrected chi connectivity index (χ4v) is 3.16. The zero-order chi connectivity index (χ0) is 20.1. The van der Waals surface area contributed by atoms with Crippen molar-refractivity contribution in [3.63, 3.8) is 0 Å². The molecule has 2 aromatic rings. The van der Waals surface area contributed by atoms with Crippen LogP contribution in [-0.4, -0.2) is 40.2 Å². The smallest absolute Gasteiger partial charge is 0.237 e. The number of piperidine rings is 1. The van der Waals surface area contributed by atoms with E-state index in [1.807, 2.05) is 20.8 Å². The molecular weight excluding hydrogens is 364 g/mol. The molecular formula is C21H27F2N3O2. The summed E-state index contributed by atoms with van der Waals surface area (Å²) in [6, 6.07) is 3.39. The maximum atomic E-state index is 13.7. The van der Waals surface area contributed by atoms with E-state index in [1.54, 1.807) is 12.4 Å². The van der Waals surface area contributed by atoms with E-state index in [2.05, 4.69) is 14.9 Å². The summed E-state index contributed by atoms with van der Waals surface area (Å²) in [6.45, 7) is 8.86. The lowest BCUT2D eigenvalue weighted by Crippen LogP contribution is -2.35. The Bertz CT molecular complexity index is 787. The highest BCUT2D eigenvalue weighted by atomic mass is 19.1. The van der Waals surface area contributed by atoms with Crippen LogP contribution in [-0.2, 0) is 6.54 Å². The van der Waals surface area contributed by atoms with Gasteiger partial charge < -0.3 is 9.47 Å². The van der Waals surface area contributed by atoms with Crippen molar-refractivity contribution < 1.29 is 18.3 Å². The quantitative estimate of drug-likeness (QED) is 0.738. The molecule has 1 aliphatic heterocycles. The first-order chi connectivity index (χ1) is 13.3. The van der Waals surface area contributed by atoms with Crippen LogP contribution in [0.4, 0.5) is 8.78 Å². The molecule has 3 rings (SSSR count). The van der Waals surface area contributed by atoms with E-state index in [-0.39, 0.29) is 11.4 Å². The second-order valence-corrected chi connectivity index (χ2v) is 8.13. The van der Waals surface area contributed by atoms with E-state index in [9.17, 15) is 8.78 Å². The zero-order valence-electron chi connectivity index (χ0n) is 16.6. The summed E-state index contributed by atoms with van der Waals surface area (Å²) >= 11 is 0. The van der Waals surface area contributed by atoms with Crippen molar-refractivity contribution >= 4 is 0 Å². The van der Waals surface area contributed by atoms with Gasteiger partial charge in [0.15, 0.2) is 11.6 Å². The van der Waals surface area contributed by atoms with Gasteiger partial charge in [0.2, 0.25) is 5.88 Å². The van der Waals surface area contributed by atoms with Gasteiger partial charge in [-0.2, -0.15) is 0 Å². The van der Waals surface area contributed by atoms with Crippen molar-refractivity contribution in [2.24, 2.45) is 5.92 Å². The fraction of sp³-hybridized carbons (Fsp3) is 0.524. The standard InChI is InChI=1S/C21H27F2N3O2/c1-21(2,3)28-20-18(24-8-9-25-20)13-26-10-6-15(7-11-26)14-27-19-5-4-16(22)12-17(19)23/h4-5,8-9,12,15H,6-7,10-11,13-14H2,1-3H3. The molecule has 1 saturated heterocycles. The SMILES string of the molecule is CC(C)(C)Oc1nccnc1CN1CCC(COc2ccc(F)cc2F)CC1. The maximum Gasteiger partial charge on any atom is 0.237 e. The van der Waals surface area contributed by atoms with Gasteiger partial charge in [0.25, 0.3) is 0 Å². The molecule has 5 nitrogen and oxygen atoms in total. The largest absolute Gasteiger partial charge is 0.490 e. The number of hydrogen-bond donors (Lipinski definition) is 0. The maximum absolute atomic E-state index is 13.7. The van der Waals surface area contributed by atoms with Crippen LogP contribution in [0.3, 0.4) is 0 Å². The number of benzene rings is 1. The van der Waals surface area contributed by atoms with E-state index in [0.29, 0.717) is 24.9 Å². The van der Waals surface area contributed by atoms with Gasteiger partial charge in [0.05, 0.1) is 6.61 Å². The molecule has 1 aliphatic rings. The van der Waals surface area contributed by atoms with Crippen molar-refractivity contribution in [3.05, 3.63) is 47.9 Å². The summed E-state index contributed by atoms with van der Waals surface area (Å²) in [5, 5.41) is 0. The van der Waals surface area contributed by atoms with Gasteiger partial charge in [0.1, 0.15) is 17.1 Å². The third-order valence-corrected chi connectivity index (χ3v) is 4.59. The average Bonchev–Trinajstić information content (AvgIpc) is 2.63. The minimum Gasteiger partial charge on any atom is -0.490 e. The lowest BCUT2D eigenvalue weighted by molar-refractivity contribution is 0.112. The first kappa shape index (κ1) is 20.5. The predicted molar refractivity (Wildman–Crippen MR) is 102 cm³/mol. The van der Waals surface area contributed by atoms with Gasteiger partial charge >= 0.3 is 0 Å². The van der Waals surface area contributed by atoms with Gasteiger partial charge in [-0.3, -0.25) is 9.88 Å². The number of aromatic nitrogens is 2. The minimum absolute atomic E-state index is 0.104. The minimum atomic E-state index is -0.661. The van der Waals surface area contributed by atoms with Gasteiger partial charge in [-0.25, -0.2) is 13.8 Å². The molecule has 0 spiro atoms. The Labute approximate surface area is 164 Å². The van der Waals surface area contributed by atoms with Crippen LogP contribution in [0.2, 0.25) is 0 Å². The Hall–Kier alpha value is -2.28. The number of likely N-dealkylation sites (tertiary alicyclic amines) is 1. The third kappa shape index (κ3) is 5.86. The molecule has 0 atom stereocenters. The molecule has 1 fully saturated rings. The predicted octanol–water partition coefficient (Wildman–Crippen LogP) is 4.22. The summed E-state index contributed by atoms with van der Waals surface area (Å²) < 4.78 is 38.1. The van der Waals surface area contributed by atoms with Crippen LogP contribution < -0.4 is 9.47 Å². The number of halogens is 2. The first-order valence-corrected chi connectivity index (χ1v) is 9.59. The van der Waals surface area contributed by atoms with E-state index in [1.165, 1.54) is 12.1 Å². The zero-order valence-corrected chi connectivity index (χ0v) is 16.6. The highest BCUT2D eigenvalue weighted by molar-refractivity contribution is 5.24. The lowest BCUT2D eigenvalue weighted by atomic mass is 9.97. The normalized spacial score (nSPS) is 16.2. The number of ether oxygens (including phenoxy) is 2. The van der Waals surface area contributed by atoms with Crippen LogP contribution in [0, 0.1) is 17.6 Å². The van der Waals surface area contributed by atoms with Crippen LogP contribution in [0.25, 0.3) is 0 Å². The van der Waals surface area contributed by atoms with Gasteiger partial charge in [-0.1, -0.05) is 0 Å². The Morgan fingerprint density at radius 3 is 2.50 bits per heavy atom. The van der Waals surface area contributed by atoms with Crippen molar-refractivity contribution in [2.75, 3.05) is 19.7 Å². The van der Waals surface area contributed by atoms with Gasteiger partial charge in [0, 0.05) is 25.0 Å². The molecule has 1 aromatic carbocycles. The Morgan fingerprint density at radius 2 is 1.82 bits per heavy atom. The monoisotopic (exact) mass is 391 g/mol. The highest BCUT2D eigenvalue weighted by Gasteiger charge is 2.23. The van der Waals surface area contributed by atoms with Gasteiger partial charge in [-0.15, -0.1) is 0 Å². The van der Waals surface area contributed by atoms with E-state index < -0.39 is 11.6 Å². The summed E-state index contributed by atoms with van der Waals surface area (Å²) in [5.74, 6) is -0.240. The van der Waals surface area contributed by atoms with Crippen molar-refractivity contribution in [3.8, 4) is 11.6 Å². The fourth-order valence-electron chi connectivity index (χ4n) is 3.16.